The van der Waals surface area contributed by atoms with Gasteiger partial charge in [0.2, 0.25) is 5.95 Å². The smallest absolute Gasteiger partial charge is 0.262 e. The minimum absolute atomic E-state index is 0.115. The van der Waals surface area contributed by atoms with Crippen molar-refractivity contribution in [3.8, 4) is 22.8 Å². The zero-order valence-electron chi connectivity index (χ0n) is 17.5. The number of methoxy groups -OCH3 is 1. The molecule has 0 aliphatic heterocycles. The fourth-order valence-corrected chi connectivity index (χ4v) is 3.05. The molecule has 7 heteroatoms. The van der Waals surface area contributed by atoms with Gasteiger partial charge in [0.1, 0.15) is 11.5 Å². The molecule has 1 aromatic heterocycles. The maximum Gasteiger partial charge on any atom is 0.262 e. The number of hydrogen-bond donors (Lipinski definition) is 2. The van der Waals surface area contributed by atoms with Crippen molar-refractivity contribution < 1.29 is 14.3 Å². The Morgan fingerprint density at radius 3 is 2.44 bits per heavy atom. The molecule has 160 valence electrons. The van der Waals surface area contributed by atoms with Crippen molar-refractivity contribution >= 4 is 23.2 Å². The van der Waals surface area contributed by atoms with Crippen LogP contribution >= 0.6 is 0 Å². The predicted octanol–water partition coefficient (Wildman–Crippen LogP) is 4.91. The molecule has 0 atom stereocenters. The number of carbonyl (C=O) groups excluding carboxylic acids is 1. The molecule has 0 saturated carbocycles. The van der Waals surface area contributed by atoms with Crippen LogP contribution in [0.4, 0.5) is 17.3 Å². The van der Waals surface area contributed by atoms with Crippen LogP contribution in [-0.4, -0.2) is 29.6 Å². The van der Waals surface area contributed by atoms with E-state index in [0.717, 1.165) is 11.3 Å². The molecular weight excluding hydrogens is 404 g/mol. The molecule has 0 spiro atoms. The van der Waals surface area contributed by atoms with E-state index in [-0.39, 0.29) is 12.5 Å². The number of carbonyl (C=O) groups is 1. The molecule has 4 rings (SSSR count). The Labute approximate surface area is 186 Å². The minimum Gasteiger partial charge on any atom is -0.495 e. The molecule has 32 heavy (non-hydrogen) atoms. The molecular formula is C25H22N4O3. The van der Waals surface area contributed by atoms with Crippen LogP contribution < -0.4 is 20.1 Å². The summed E-state index contributed by atoms with van der Waals surface area (Å²) in [7, 11) is 1.55. The van der Waals surface area contributed by atoms with Gasteiger partial charge >= 0.3 is 0 Å². The maximum absolute atomic E-state index is 12.4. The number of hydrogen-bond acceptors (Lipinski definition) is 6. The van der Waals surface area contributed by atoms with Gasteiger partial charge < -0.3 is 20.1 Å². The van der Waals surface area contributed by atoms with E-state index in [1.54, 1.807) is 31.5 Å². The van der Waals surface area contributed by atoms with E-state index in [9.17, 15) is 4.79 Å². The molecule has 1 amide bonds. The van der Waals surface area contributed by atoms with Crippen molar-refractivity contribution in [2.45, 2.75) is 0 Å². The molecule has 0 saturated heterocycles. The first-order valence-electron chi connectivity index (χ1n) is 10.0. The van der Waals surface area contributed by atoms with Gasteiger partial charge in [-0.25, -0.2) is 9.97 Å². The second-order valence-corrected chi connectivity index (χ2v) is 6.82. The summed E-state index contributed by atoms with van der Waals surface area (Å²) in [6.45, 7) is -0.115. The van der Waals surface area contributed by atoms with Gasteiger partial charge in [0.25, 0.3) is 5.91 Å². The molecule has 3 aromatic carbocycles. The molecule has 4 aromatic rings. The molecule has 0 bridgehead atoms. The van der Waals surface area contributed by atoms with E-state index >= 15 is 0 Å². The van der Waals surface area contributed by atoms with Crippen LogP contribution in [0.3, 0.4) is 0 Å². The molecule has 7 nitrogen and oxygen atoms in total. The highest BCUT2D eigenvalue weighted by molar-refractivity contribution is 5.94. The van der Waals surface area contributed by atoms with Gasteiger partial charge in [0, 0.05) is 17.4 Å². The van der Waals surface area contributed by atoms with Crippen LogP contribution in [0.2, 0.25) is 0 Å². The van der Waals surface area contributed by atoms with Crippen molar-refractivity contribution in [2.75, 3.05) is 24.4 Å². The zero-order valence-corrected chi connectivity index (χ0v) is 17.5. The van der Waals surface area contributed by atoms with Gasteiger partial charge in [0.15, 0.2) is 6.61 Å². The Hall–Kier alpha value is -4.39. The summed E-state index contributed by atoms with van der Waals surface area (Å²) in [5.74, 6) is 1.35. The van der Waals surface area contributed by atoms with Crippen LogP contribution in [0.15, 0.2) is 91.1 Å². The van der Waals surface area contributed by atoms with Crippen LogP contribution in [-0.2, 0) is 4.79 Å². The molecule has 1 heterocycles. The third kappa shape index (κ3) is 5.40. The largest absolute Gasteiger partial charge is 0.495 e. The number of rotatable bonds is 8. The summed E-state index contributed by atoms with van der Waals surface area (Å²) in [5, 5.41) is 6.03. The Bertz CT molecular complexity index is 1180. The standard InChI is InChI=1S/C25H22N4O3/c1-31-23-13-12-18(16-22(23)28-24(30)17-32-20-10-6-3-7-11-20)21-14-15-26-25(29-21)27-19-8-4-2-5-9-19/h2-16H,17H2,1H3,(H,28,30)(H,26,27,29). The molecule has 0 radical (unpaired) electrons. The second-order valence-electron chi connectivity index (χ2n) is 6.82. The Balaban J connectivity index is 1.50. The first kappa shape index (κ1) is 20.9. The first-order valence-corrected chi connectivity index (χ1v) is 10.0. The highest BCUT2D eigenvalue weighted by Crippen LogP contribution is 2.30. The summed E-state index contributed by atoms with van der Waals surface area (Å²) in [6, 6.07) is 26.2. The lowest BCUT2D eigenvalue weighted by Crippen LogP contribution is -2.20. The average Bonchev–Trinajstić information content (AvgIpc) is 2.84. The number of para-hydroxylation sites is 2. The zero-order chi connectivity index (χ0) is 22.2. The number of amides is 1. The van der Waals surface area contributed by atoms with Crippen molar-refractivity contribution in [1.29, 1.82) is 0 Å². The van der Waals surface area contributed by atoms with Gasteiger partial charge in [-0.05, 0) is 48.5 Å². The van der Waals surface area contributed by atoms with Crippen molar-refractivity contribution in [3.05, 3.63) is 91.1 Å². The fraction of sp³-hybridized carbons (Fsp3) is 0.0800. The lowest BCUT2D eigenvalue weighted by atomic mass is 10.1. The third-order valence-electron chi connectivity index (χ3n) is 4.57. The Morgan fingerprint density at radius 2 is 1.69 bits per heavy atom. The molecule has 0 aliphatic carbocycles. The van der Waals surface area contributed by atoms with Gasteiger partial charge in [-0.1, -0.05) is 36.4 Å². The lowest BCUT2D eigenvalue weighted by molar-refractivity contribution is -0.118. The monoisotopic (exact) mass is 426 g/mol. The fourth-order valence-electron chi connectivity index (χ4n) is 3.05. The van der Waals surface area contributed by atoms with Crippen LogP contribution in [0.25, 0.3) is 11.3 Å². The predicted molar refractivity (Wildman–Crippen MR) is 124 cm³/mol. The van der Waals surface area contributed by atoms with Crippen molar-refractivity contribution in [2.24, 2.45) is 0 Å². The third-order valence-corrected chi connectivity index (χ3v) is 4.57. The average molecular weight is 426 g/mol. The number of ether oxygens (including phenoxy) is 2. The molecule has 0 unspecified atom stereocenters. The van der Waals surface area contributed by atoms with Crippen molar-refractivity contribution in [3.63, 3.8) is 0 Å². The summed E-state index contributed by atoms with van der Waals surface area (Å²) in [5.41, 5.74) is 2.94. The lowest BCUT2D eigenvalue weighted by Gasteiger charge is -2.13. The molecule has 0 fully saturated rings. The maximum atomic E-state index is 12.4. The first-order chi connectivity index (χ1) is 15.7. The number of anilines is 3. The summed E-state index contributed by atoms with van der Waals surface area (Å²) in [4.78, 5) is 21.3. The quantitative estimate of drug-likeness (QED) is 0.416. The number of nitrogens with zero attached hydrogens (tertiary/aromatic N) is 2. The van der Waals surface area contributed by atoms with Crippen LogP contribution in [0, 0.1) is 0 Å². The topological polar surface area (TPSA) is 85.4 Å². The van der Waals surface area contributed by atoms with Gasteiger partial charge in [0.05, 0.1) is 18.5 Å². The summed E-state index contributed by atoms with van der Waals surface area (Å²) >= 11 is 0. The van der Waals surface area contributed by atoms with Gasteiger partial charge in [-0.3, -0.25) is 4.79 Å². The molecule has 2 N–H and O–H groups in total. The Kier molecular flexibility index (Phi) is 6.57. The highest BCUT2D eigenvalue weighted by atomic mass is 16.5. The van der Waals surface area contributed by atoms with E-state index in [2.05, 4.69) is 20.6 Å². The van der Waals surface area contributed by atoms with Gasteiger partial charge in [-0.2, -0.15) is 0 Å². The van der Waals surface area contributed by atoms with E-state index in [0.29, 0.717) is 28.8 Å². The van der Waals surface area contributed by atoms with Crippen LogP contribution in [0.5, 0.6) is 11.5 Å². The van der Waals surface area contributed by atoms with E-state index < -0.39 is 0 Å². The summed E-state index contributed by atoms with van der Waals surface area (Å²) in [6.07, 6.45) is 1.68. The minimum atomic E-state index is -0.293. The summed E-state index contributed by atoms with van der Waals surface area (Å²) < 4.78 is 10.9. The Morgan fingerprint density at radius 1 is 0.938 bits per heavy atom. The van der Waals surface area contributed by atoms with E-state index in [1.807, 2.05) is 66.7 Å². The number of benzene rings is 3. The number of nitrogens with one attached hydrogen (secondary N) is 2. The molecule has 0 aliphatic rings. The van der Waals surface area contributed by atoms with Crippen molar-refractivity contribution in [1.82, 2.24) is 9.97 Å². The normalized spacial score (nSPS) is 10.3. The number of aromatic nitrogens is 2. The second kappa shape index (κ2) is 10.1. The highest BCUT2D eigenvalue weighted by Gasteiger charge is 2.12. The van der Waals surface area contributed by atoms with Crippen LogP contribution in [0.1, 0.15) is 0 Å². The SMILES string of the molecule is COc1ccc(-c2ccnc(Nc3ccccc3)n2)cc1NC(=O)COc1ccccc1. The van der Waals surface area contributed by atoms with E-state index in [1.165, 1.54) is 0 Å². The van der Waals surface area contributed by atoms with Gasteiger partial charge in [-0.15, -0.1) is 0 Å². The van der Waals surface area contributed by atoms with E-state index in [4.69, 9.17) is 9.47 Å².